The fraction of sp³-hybridized carbons (Fsp3) is 0.0667. The minimum Gasteiger partial charge on any atom is -0.328 e. The Bertz CT molecular complexity index is 869. The minimum absolute atomic E-state index is 0.257. The number of hydrogen-bond acceptors (Lipinski definition) is 2. The van der Waals surface area contributed by atoms with Gasteiger partial charge in [-0.3, -0.25) is 9.78 Å². The summed E-state index contributed by atoms with van der Waals surface area (Å²) in [5.41, 5.74) is 1.78. The molecule has 0 aliphatic heterocycles. The molecule has 2 aromatic heterocycles. The zero-order chi connectivity index (χ0) is 15.0. The van der Waals surface area contributed by atoms with Gasteiger partial charge in [-0.25, -0.2) is 0 Å². The number of hydrogen-bond donors (Lipinski definition) is 1. The molecule has 0 saturated heterocycles. The van der Waals surface area contributed by atoms with Crippen LogP contribution in [-0.2, 0) is 6.42 Å². The third-order valence-corrected chi connectivity index (χ3v) is 4.16. The lowest BCUT2D eigenvalue weighted by atomic mass is 10.1. The highest BCUT2D eigenvalue weighted by Gasteiger charge is 2.11. The Labute approximate surface area is 135 Å². The zero-order valence-electron chi connectivity index (χ0n) is 10.7. The van der Waals surface area contributed by atoms with E-state index in [-0.39, 0.29) is 5.56 Å². The second-order valence-electron chi connectivity index (χ2n) is 4.54. The van der Waals surface area contributed by atoms with Crippen molar-refractivity contribution in [3.05, 3.63) is 73.2 Å². The van der Waals surface area contributed by atoms with Crippen molar-refractivity contribution in [2.75, 3.05) is 0 Å². The Balaban J connectivity index is 2.12. The van der Waals surface area contributed by atoms with Crippen LogP contribution in [0, 0.1) is 0 Å². The van der Waals surface area contributed by atoms with E-state index < -0.39 is 0 Å². The molecule has 0 bridgehead atoms. The number of aromatic amines is 1. The predicted molar refractivity (Wildman–Crippen MR) is 86.6 cm³/mol. The van der Waals surface area contributed by atoms with Crippen molar-refractivity contribution < 1.29 is 0 Å². The van der Waals surface area contributed by atoms with Crippen molar-refractivity contribution >= 4 is 45.7 Å². The van der Waals surface area contributed by atoms with Crippen molar-refractivity contribution in [3.8, 4) is 0 Å². The van der Waals surface area contributed by atoms with Gasteiger partial charge in [0.25, 0.3) is 5.56 Å². The number of halogens is 3. The Morgan fingerprint density at radius 3 is 2.48 bits per heavy atom. The van der Waals surface area contributed by atoms with E-state index >= 15 is 0 Å². The number of pyridine rings is 2. The van der Waals surface area contributed by atoms with E-state index in [4.69, 9.17) is 34.8 Å². The summed E-state index contributed by atoms with van der Waals surface area (Å²) < 4.78 is 0. The number of benzene rings is 1. The van der Waals surface area contributed by atoms with Gasteiger partial charge in [0, 0.05) is 28.4 Å². The van der Waals surface area contributed by atoms with Crippen LogP contribution >= 0.6 is 34.8 Å². The van der Waals surface area contributed by atoms with Crippen LogP contribution in [0.15, 0.2) is 41.3 Å². The van der Waals surface area contributed by atoms with E-state index in [1.807, 2.05) is 0 Å². The molecule has 0 atom stereocenters. The number of aromatic nitrogens is 2. The lowest BCUT2D eigenvalue weighted by Crippen LogP contribution is -2.07. The highest BCUT2D eigenvalue weighted by Crippen LogP contribution is 2.28. The predicted octanol–water partition coefficient (Wildman–Crippen LogP) is 4.47. The average Bonchev–Trinajstić information content (AvgIpc) is 2.43. The smallest absolute Gasteiger partial charge is 0.258 e. The van der Waals surface area contributed by atoms with Crippen LogP contribution < -0.4 is 5.56 Å². The van der Waals surface area contributed by atoms with Gasteiger partial charge in [-0.05, 0) is 29.8 Å². The first kappa shape index (κ1) is 14.4. The van der Waals surface area contributed by atoms with Crippen LogP contribution in [0.1, 0.15) is 11.3 Å². The molecule has 0 aliphatic carbocycles. The summed E-state index contributed by atoms with van der Waals surface area (Å²) in [6.07, 6.45) is 1.99. The Morgan fingerprint density at radius 2 is 1.76 bits per heavy atom. The molecular formula is C15H9Cl3N2O. The first-order valence-electron chi connectivity index (χ1n) is 6.16. The molecule has 1 N–H and O–H groups in total. The summed E-state index contributed by atoms with van der Waals surface area (Å²) in [5.74, 6) is 0. The Morgan fingerprint density at radius 1 is 1.05 bits per heavy atom. The second-order valence-corrected chi connectivity index (χ2v) is 5.76. The first-order chi connectivity index (χ1) is 10.1. The topological polar surface area (TPSA) is 45.8 Å². The van der Waals surface area contributed by atoms with E-state index in [1.165, 1.54) is 0 Å². The summed E-state index contributed by atoms with van der Waals surface area (Å²) >= 11 is 18.5. The van der Waals surface area contributed by atoms with Gasteiger partial charge >= 0.3 is 0 Å². The first-order valence-corrected chi connectivity index (χ1v) is 7.29. The highest BCUT2D eigenvalue weighted by molar-refractivity contribution is 6.36. The fourth-order valence-corrected chi connectivity index (χ4v) is 3.01. The Kier molecular flexibility index (Phi) is 3.89. The maximum Gasteiger partial charge on any atom is 0.258 e. The maximum absolute atomic E-state index is 11.8. The van der Waals surface area contributed by atoms with Crippen LogP contribution in [0.3, 0.4) is 0 Å². The van der Waals surface area contributed by atoms with Gasteiger partial charge in [0.1, 0.15) is 0 Å². The fourth-order valence-electron chi connectivity index (χ4n) is 2.17. The summed E-state index contributed by atoms with van der Waals surface area (Å²) in [7, 11) is 0. The normalized spacial score (nSPS) is 11.0. The molecule has 106 valence electrons. The standard InChI is InChI=1S/C15H9Cl3N2O/c16-10-2-1-3-11(17)9(10)6-8-7-12(18)14-13(20-8)4-5-19-15(14)21/h1-5,7H,6H2,(H,19,21). The second kappa shape index (κ2) is 5.68. The third-order valence-electron chi connectivity index (χ3n) is 3.15. The molecule has 0 spiro atoms. The van der Waals surface area contributed by atoms with Gasteiger partial charge in [-0.1, -0.05) is 40.9 Å². The number of nitrogens with one attached hydrogen (secondary N) is 1. The Hall–Kier alpha value is -1.55. The third kappa shape index (κ3) is 2.77. The molecule has 0 aliphatic rings. The maximum atomic E-state index is 11.8. The van der Waals surface area contributed by atoms with Gasteiger partial charge < -0.3 is 4.98 Å². The molecule has 3 nitrogen and oxygen atoms in total. The number of fused-ring (bicyclic) bond motifs is 1. The number of H-pyrrole nitrogens is 1. The summed E-state index contributed by atoms with van der Waals surface area (Å²) in [5, 5.41) is 1.89. The van der Waals surface area contributed by atoms with Gasteiger partial charge in [-0.2, -0.15) is 0 Å². The number of nitrogens with zero attached hydrogens (tertiary/aromatic N) is 1. The molecule has 3 aromatic rings. The van der Waals surface area contributed by atoms with Crippen molar-refractivity contribution in [3.63, 3.8) is 0 Å². The molecule has 2 heterocycles. The SMILES string of the molecule is O=c1[nH]ccc2nc(Cc3c(Cl)cccc3Cl)cc(Cl)c12. The van der Waals surface area contributed by atoms with Gasteiger partial charge in [-0.15, -0.1) is 0 Å². The molecule has 1 aromatic carbocycles. The van der Waals surface area contributed by atoms with Crippen molar-refractivity contribution in [2.45, 2.75) is 6.42 Å². The van der Waals surface area contributed by atoms with Crippen LogP contribution in [0.2, 0.25) is 15.1 Å². The molecule has 0 saturated carbocycles. The average molecular weight is 340 g/mol. The van der Waals surface area contributed by atoms with Crippen LogP contribution in [0.4, 0.5) is 0 Å². The molecular weight excluding hydrogens is 331 g/mol. The van der Waals surface area contributed by atoms with Gasteiger partial charge in [0.15, 0.2) is 0 Å². The molecule has 0 fully saturated rings. The van der Waals surface area contributed by atoms with Crippen LogP contribution in [0.5, 0.6) is 0 Å². The summed E-state index contributed by atoms with van der Waals surface area (Å²) in [4.78, 5) is 18.8. The summed E-state index contributed by atoms with van der Waals surface area (Å²) in [6, 6.07) is 8.71. The van der Waals surface area contributed by atoms with E-state index in [9.17, 15) is 4.79 Å². The van der Waals surface area contributed by atoms with Crippen molar-refractivity contribution in [2.24, 2.45) is 0 Å². The molecule has 3 rings (SSSR count). The molecule has 6 heteroatoms. The van der Waals surface area contributed by atoms with E-state index in [0.29, 0.717) is 38.1 Å². The van der Waals surface area contributed by atoms with E-state index in [2.05, 4.69) is 9.97 Å². The lowest BCUT2D eigenvalue weighted by molar-refractivity contribution is 1.09. The molecule has 0 radical (unpaired) electrons. The van der Waals surface area contributed by atoms with Crippen LogP contribution in [-0.4, -0.2) is 9.97 Å². The van der Waals surface area contributed by atoms with Crippen molar-refractivity contribution in [1.82, 2.24) is 9.97 Å². The van der Waals surface area contributed by atoms with Crippen molar-refractivity contribution in [1.29, 1.82) is 0 Å². The van der Waals surface area contributed by atoms with Gasteiger partial charge in [0.2, 0.25) is 0 Å². The highest BCUT2D eigenvalue weighted by atomic mass is 35.5. The van der Waals surface area contributed by atoms with E-state index in [1.54, 1.807) is 36.5 Å². The molecule has 0 unspecified atom stereocenters. The van der Waals surface area contributed by atoms with Crippen LogP contribution in [0.25, 0.3) is 10.9 Å². The largest absolute Gasteiger partial charge is 0.328 e. The molecule has 0 amide bonds. The minimum atomic E-state index is -0.257. The van der Waals surface area contributed by atoms with E-state index in [0.717, 1.165) is 5.56 Å². The van der Waals surface area contributed by atoms with Gasteiger partial charge in [0.05, 0.1) is 15.9 Å². The summed E-state index contributed by atoms with van der Waals surface area (Å²) in [6.45, 7) is 0. The lowest BCUT2D eigenvalue weighted by Gasteiger charge is -2.08. The monoisotopic (exact) mass is 338 g/mol. The zero-order valence-corrected chi connectivity index (χ0v) is 12.9. The number of rotatable bonds is 2. The quantitative estimate of drug-likeness (QED) is 0.748. The molecule has 21 heavy (non-hydrogen) atoms.